The molecule has 2 heterocycles. The van der Waals surface area contributed by atoms with Gasteiger partial charge in [0.15, 0.2) is 5.13 Å². The average Bonchev–Trinajstić information content (AvgIpc) is 3.22. The highest BCUT2D eigenvalue weighted by molar-refractivity contribution is 7.14. The first-order valence-electron chi connectivity index (χ1n) is 10.4. The molecule has 1 aromatic carbocycles. The van der Waals surface area contributed by atoms with Gasteiger partial charge in [0, 0.05) is 57.4 Å². The molecule has 0 aliphatic carbocycles. The Balaban J connectivity index is 1.40. The van der Waals surface area contributed by atoms with Gasteiger partial charge in [-0.05, 0) is 24.6 Å². The summed E-state index contributed by atoms with van der Waals surface area (Å²) < 4.78 is 32.3. The molecule has 8 nitrogen and oxygen atoms in total. The summed E-state index contributed by atoms with van der Waals surface area (Å²) >= 11 is 1.15. The number of hydrogen-bond donors (Lipinski definition) is 2. The lowest BCUT2D eigenvalue weighted by Crippen LogP contribution is -2.51. The van der Waals surface area contributed by atoms with E-state index in [4.69, 9.17) is 4.74 Å². The minimum Gasteiger partial charge on any atom is -0.385 e. The quantitative estimate of drug-likeness (QED) is 0.519. The van der Waals surface area contributed by atoms with Crippen LogP contribution in [0.15, 0.2) is 23.6 Å². The van der Waals surface area contributed by atoms with Gasteiger partial charge in [-0.2, -0.15) is 0 Å². The van der Waals surface area contributed by atoms with Gasteiger partial charge in [-0.1, -0.05) is 0 Å². The number of carbonyl (C=O) groups excluding carboxylic acids is 2. The Hall–Kier alpha value is -2.47. The van der Waals surface area contributed by atoms with E-state index in [1.54, 1.807) is 12.5 Å². The third kappa shape index (κ3) is 7.30. The molecule has 0 spiro atoms. The molecular weight excluding hydrogens is 440 g/mol. The van der Waals surface area contributed by atoms with Gasteiger partial charge in [0.1, 0.15) is 11.6 Å². The molecular formula is C21H27F2N5O3S. The van der Waals surface area contributed by atoms with Crippen LogP contribution in [0.5, 0.6) is 0 Å². The number of piperazine rings is 1. The van der Waals surface area contributed by atoms with Crippen molar-refractivity contribution in [1.82, 2.24) is 20.1 Å². The van der Waals surface area contributed by atoms with E-state index in [0.29, 0.717) is 51.0 Å². The third-order valence-corrected chi connectivity index (χ3v) is 5.76. The molecule has 0 radical (unpaired) electrons. The number of thiazole rings is 1. The van der Waals surface area contributed by atoms with Crippen LogP contribution < -0.4 is 10.6 Å². The molecule has 1 saturated heterocycles. The number of rotatable bonds is 10. The zero-order valence-corrected chi connectivity index (χ0v) is 18.7. The Kier molecular flexibility index (Phi) is 9.03. The van der Waals surface area contributed by atoms with Gasteiger partial charge < -0.3 is 15.4 Å². The number of aromatic nitrogens is 1. The van der Waals surface area contributed by atoms with Crippen molar-refractivity contribution < 1.29 is 23.1 Å². The van der Waals surface area contributed by atoms with Gasteiger partial charge in [-0.25, -0.2) is 13.8 Å². The molecule has 11 heteroatoms. The lowest BCUT2D eigenvalue weighted by molar-refractivity contribution is -0.123. The summed E-state index contributed by atoms with van der Waals surface area (Å²) in [7, 11) is 1.63. The van der Waals surface area contributed by atoms with Crippen LogP contribution in [0.1, 0.15) is 6.42 Å². The molecule has 2 amide bonds. The number of anilines is 1. The van der Waals surface area contributed by atoms with Crippen LogP contribution in [-0.4, -0.2) is 86.1 Å². The van der Waals surface area contributed by atoms with Crippen molar-refractivity contribution in [3.8, 4) is 11.3 Å². The SMILES string of the molecule is COCCCNC(=O)CN1CCN(CC(=O)Nc2nc(-c3cc(F)ccc3F)cs2)CC1. The second-order valence-electron chi connectivity index (χ2n) is 7.46. The molecule has 1 fully saturated rings. The lowest BCUT2D eigenvalue weighted by atomic mass is 10.1. The molecule has 32 heavy (non-hydrogen) atoms. The number of methoxy groups -OCH3 is 1. The first kappa shape index (κ1) is 24.2. The van der Waals surface area contributed by atoms with Crippen molar-refractivity contribution in [1.29, 1.82) is 0 Å². The van der Waals surface area contributed by atoms with E-state index in [1.165, 1.54) is 0 Å². The summed E-state index contributed by atoms with van der Waals surface area (Å²) in [4.78, 5) is 32.6. The van der Waals surface area contributed by atoms with Gasteiger partial charge in [-0.15, -0.1) is 11.3 Å². The van der Waals surface area contributed by atoms with Crippen LogP contribution in [0.25, 0.3) is 11.3 Å². The van der Waals surface area contributed by atoms with Crippen molar-refractivity contribution in [3.05, 3.63) is 35.2 Å². The Bertz CT molecular complexity index is 919. The van der Waals surface area contributed by atoms with Crippen molar-refractivity contribution in [2.45, 2.75) is 6.42 Å². The largest absolute Gasteiger partial charge is 0.385 e. The second kappa shape index (κ2) is 12.0. The monoisotopic (exact) mass is 467 g/mol. The summed E-state index contributed by atoms with van der Waals surface area (Å²) in [6, 6.07) is 3.17. The van der Waals surface area contributed by atoms with Crippen LogP contribution in [-0.2, 0) is 14.3 Å². The maximum absolute atomic E-state index is 13.9. The summed E-state index contributed by atoms with van der Waals surface area (Å²) in [5, 5.41) is 7.49. The van der Waals surface area contributed by atoms with Crippen molar-refractivity contribution in [2.24, 2.45) is 0 Å². The van der Waals surface area contributed by atoms with E-state index in [9.17, 15) is 18.4 Å². The Morgan fingerprint density at radius 1 is 1.12 bits per heavy atom. The molecule has 0 atom stereocenters. The average molecular weight is 468 g/mol. The highest BCUT2D eigenvalue weighted by atomic mass is 32.1. The summed E-state index contributed by atoms with van der Waals surface area (Å²) in [6.45, 7) is 4.47. The van der Waals surface area contributed by atoms with E-state index in [-0.39, 0.29) is 29.6 Å². The van der Waals surface area contributed by atoms with Crippen LogP contribution in [0.3, 0.4) is 0 Å². The van der Waals surface area contributed by atoms with Crippen molar-refractivity contribution >= 4 is 28.3 Å². The minimum absolute atomic E-state index is 0.0124. The number of carbonyl (C=O) groups is 2. The lowest BCUT2D eigenvalue weighted by Gasteiger charge is -2.33. The standard InChI is InChI=1S/C21H27F2N5O3S/c1-31-10-2-5-24-19(29)12-27-6-8-28(9-7-27)13-20(30)26-21-25-18(14-32-21)16-11-15(22)3-4-17(16)23/h3-4,11,14H,2,5-10,12-13H2,1H3,(H,24,29)(H,25,26,30). The van der Waals surface area contributed by atoms with Crippen LogP contribution in [0.4, 0.5) is 13.9 Å². The predicted octanol–water partition coefficient (Wildman–Crippen LogP) is 1.80. The number of nitrogens with one attached hydrogen (secondary N) is 2. The number of halogens is 2. The molecule has 0 unspecified atom stereocenters. The minimum atomic E-state index is -0.573. The molecule has 0 bridgehead atoms. The number of nitrogens with zero attached hydrogens (tertiary/aromatic N) is 3. The fraction of sp³-hybridized carbons (Fsp3) is 0.476. The zero-order valence-electron chi connectivity index (χ0n) is 17.9. The van der Waals surface area contributed by atoms with E-state index < -0.39 is 11.6 Å². The van der Waals surface area contributed by atoms with Crippen LogP contribution in [0.2, 0.25) is 0 Å². The summed E-state index contributed by atoms with van der Waals surface area (Å²) in [5.41, 5.74) is 0.331. The van der Waals surface area contributed by atoms with Crippen molar-refractivity contribution in [3.63, 3.8) is 0 Å². The van der Waals surface area contributed by atoms with Gasteiger partial charge in [0.2, 0.25) is 11.8 Å². The first-order valence-corrected chi connectivity index (χ1v) is 11.2. The van der Waals surface area contributed by atoms with E-state index in [1.807, 2.05) is 4.90 Å². The van der Waals surface area contributed by atoms with E-state index in [2.05, 4.69) is 20.5 Å². The zero-order chi connectivity index (χ0) is 22.9. The van der Waals surface area contributed by atoms with Gasteiger partial charge in [0.25, 0.3) is 0 Å². The van der Waals surface area contributed by atoms with Crippen LogP contribution >= 0.6 is 11.3 Å². The highest BCUT2D eigenvalue weighted by Crippen LogP contribution is 2.27. The molecule has 0 saturated carbocycles. The highest BCUT2D eigenvalue weighted by Gasteiger charge is 2.21. The Labute approximate surface area is 189 Å². The number of benzene rings is 1. The van der Waals surface area contributed by atoms with Gasteiger partial charge in [0.05, 0.1) is 18.8 Å². The fourth-order valence-corrected chi connectivity index (χ4v) is 4.05. The molecule has 2 N–H and O–H groups in total. The topological polar surface area (TPSA) is 86.8 Å². The first-order chi connectivity index (χ1) is 15.4. The van der Waals surface area contributed by atoms with Crippen molar-refractivity contribution in [2.75, 3.05) is 64.8 Å². The molecule has 174 valence electrons. The number of hydrogen-bond acceptors (Lipinski definition) is 7. The second-order valence-corrected chi connectivity index (χ2v) is 8.32. The third-order valence-electron chi connectivity index (χ3n) is 5.00. The molecule has 1 aliphatic rings. The van der Waals surface area contributed by atoms with Crippen LogP contribution in [0, 0.1) is 11.6 Å². The summed E-state index contributed by atoms with van der Waals surface area (Å²) in [6.07, 6.45) is 0.781. The van der Waals surface area contributed by atoms with Gasteiger partial charge in [-0.3, -0.25) is 19.4 Å². The summed E-state index contributed by atoms with van der Waals surface area (Å²) in [5.74, 6) is -1.37. The maximum Gasteiger partial charge on any atom is 0.240 e. The van der Waals surface area contributed by atoms with E-state index in [0.717, 1.165) is 36.0 Å². The molecule has 3 rings (SSSR count). The number of ether oxygens (including phenoxy) is 1. The molecule has 2 aromatic rings. The number of amides is 2. The van der Waals surface area contributed by atoms with E-state index >= 15 is 0 Å². The Morgan fingerprint density at radius 2 is 1.81 bits per heavy atom. The fourth-order valence-electron chi connectivity index (χ4n) is 3.32. The molecule has 1 aromatic heterocycles. The van der Waals surface area contributed by atoms with Gasteiger partial charge >= 0.3 is 0 Å². The smallest absolute Gasteiger partial charge is 0.240 e. The Morgan fingerprint density at radius 3 is 2.50 bits per heavy atom. The maximum atomic E-state index is 13.9. The normalized spacial score (nSPS) is 15.0. The predicted molar refractivity (Wildman–Crippen MR) is 118 cm³/mol. The molecule has 1 aliphatic heterocycles.